The van der Waals surface area contributed by atoms with E-state index in [9.17, 15) is 13.2 Å². The van der Waals surface area contributed by atoms with E-state index in [0.29, 0.717) is 16.7 Å². The number of hydrogen-bond donors (Lipinski definition) is 2. The van der Waals surface area contributed by atoms with Gasteiger partial charge in [-0.1, -0.05) is 48.5 Å². The molecule has 0 saturated heterocycles. The molecule has 0 spiro atoms. The van der Waals surface area contributed by atoms with Crippen molar-refractivity contribution in [1.82, 2.24) is 0 Å². The van der Waals surface area contributed by atoms with Gasteiger partial charge in [-0.05, 0) is 41.0 Å². The zero-order chi connectivity index (χ0) is 19.6. The van der Waals surface area contributed by atoms with Crippen LogP contribution < -0.4 is 5.73 Å². The normalized spacial score (nSPS) is 11.3. The topological polar surface area (TPSA) is 110 Å². The van der Waals surface area contributed by atoms with Crippen molar-refractivity contribution in [1.29, 1.82) is 5.41 Å². The second-order valence-electron chi connectivity index (χ2n) is 6.20. The van der Waals surface area contributed by atoms with Gasteiger partial charge in [-0.25, -0.2) is 4.79 Å². The Kier molecular flexibility index (Phi) is 4.96. The van der Waals surface area contributed by atoms with E-state index in [2.05, 4.69) is 0 Å². The lowest BCUT2D eigenvalue weighted by Gasteiger charge is -2.09. The highest BCUT2D eigenvalue weighted by Crippen LogP contribution is 2.20. The van der Waals surface area contributed by atoms with Crippen molar-refractivity contribution in [2.24, 2.45) is 5.73 Å². The predicted molar refractivity (Wildman–Crippen MR) is 104 cm³/mol. The van der Waals surface area contributed by atoms with Crippen LogP contribution in [0.4, 0.5) is 0 Å². The maximum absolute atomic E-state index is 12.3. The molecule has 0 bridgehead atoms. The molecule has 0 aliphatic carbocycles. The van der Waals surface area contributed by atoms with Crippen LogP contribution in [0.15, 0.2) is 60.7 Å². The lowest BCUT2D eigenvalue weighted by molar-refractivity contribution is 0.0745. The van der Waals surface area contributed by atoms with Crippen LogP contribution in [0.25, 0.3) is 10.8 Å². The van der Waals surface area contributed by atoms with Gasteiger partial charge in [-0.2, -0.15) is 8.42 Å². The highest BCUT2D eigenvalue weighted by Gasteiger charge is 2.20. The molecule has 27 heavy (non-hydrogen) atoms. The Balaban J connectivity index is 1.81. The van der Waals surface area contributed by atoms with E-state index in [4.69, 9.17) is 15.3 Å². The summed E-state index contributed by atoms with van der Waals surface area (Å²) in [6.45, 7) is 1.71. The first-order valence-corrected chi connectivity index (χ1v) is 9.72. The standard InChI is InChI=1S/C20H18N2O4S/c1-13-4-2-3-5-18(13)20(23)26-27(24,25)12-14-6-7-16-11-17(19(21)22)9-8-15(16)10-14/h2-11H,12H2,1H3,(H3,21,22). The van der Waals surface area contributed by atoms with E-state index in [1.54, 1.807) is 61.5 Å². The maximum atomic E-state index is 12.3. The monoisotopic (exact) mass is 382 g/mol. The summed E-state index contributed by atoms with van der Waals surface area (Å²) in [5, 5.41) is 9.11. The zero-order valence-corrected chi connectivity index (χ0v) is 15.4. The maximum Gasteiger partial charge on any atom is 0.354 e. The van der Waals surface area contributed by atoms with Gasteiger partial charge >= 0.3 is 16.1 Å². The van der Waals surface area contributed by atoms with Crippen molar-refractivity contribution in [3.63, 3.8) is 0 Å². The third kappa shape index (κ3) is 4.32. The number of hydrogen-bond acceptors (Lipinski definition) is 5. The average molecular weight is 382 g/mol. The summed E-state index contributed by atoms with van der Waals surface area (Å²) in [6, 6.07) is 17.0. The highest BCUT2D eigenvalue weighted by atomic mass is 32.2. The largest absolute Gasteiger partial charge is 0.384 e. The fraction of sp³-hybridized carbons (Fsp3) is 0.100. The number of rotatable bonds is 5. The number of benzene rings is 3. The van der Waals surface area contributed by atoms with Crippen molar-refractivity contribution in [3.05, 3.63) is 82.9 Å². The molecule has 138 valence electrons. The Morgan fingerprint density at radius 3 is 2.41 bits per heavy atom. The molecule has 0 aliphatic heterocycles. The Bertz CT molecular complexity index is 1150. The minimum atomic E-state index is -4.09. The lowest BCUT2D eigenvalue weighted by atomic mass is 10.0. The minimum absolute atomic E-state index is 0.0355. The first-order chi connectivity index (χ1) is 12.7. The Morgan fingerprint density at radius 2 is 1.70 bits per heavy atom. The molecule has 0 fully saturated rings. The summed E-state index contributed by atoms with van der Waals surface area (Å²) in [6.07, 6.45) is 0. The summed E-state index contributed by atoms with van der Waals surface area (Å²) in [5.74, 6) is -1.35. The number of nitrogens with one attached hydrogen (secondary N) is 1. The average Bonchev–Trinajstić information content (AvgIpc) is 2.60. The van der Waals surface area contributed by atoms with Crippen LogP contribution in [-0.4, -0.2) is 20.2 Å². The van der Waals surface area contributed by atoms with E-state index in [0.717, 1.165) is 10.8 Å². The van der Waals surface area contributed by atoms with Gasteiger partial charge in [0.2, 0.25) is 0 Å². The van der Waals surface area contributed by atoms with Gasteiger partial charge in [0, 0.05) is 5.56 Å². The molecular formula is C20H18N2O4S. The van der Waals surface area contributed by atoms with Crippen molar-refractivity contribution in [3.8, 4) is 0 Å². The third-order valence-electron chi connectivity index (χ3n) is 4.13. The SMILES string of the molecule is Cc1ccccc1C(=O)OS(=O)(=O)Cc1ccc2cc(C(=N)N)ccc2c1. The molecular weight excluding hydrogens is 364 g/mol. The van der Waals surface area contributed by atoms with E-state index in [1.165, 1.54) is 6.07 Å². The minimum Gasteiger partial charge on any atom is -0.384 e. The van der Waals surface area contributed by atoms with E-state index in [1.807, 2.05) is 0 Å². The molecule has 3 aromatic carbocycles. The number of nitrogens with two attached hydrogens (primary N) is 1. The van der Waals surface area contributed by atoms with Crippen LogP contribution in [0, 0.1) is 12.3 Å². The summed E-state index contributed by atoms with van der Waals surface area (Å²) in [4.78, 5) is 12.2. The van der Waals surface area contributed by atoms with Crippen LogP contribution in [0.2, 0.25) is 0 Å². The summed E-state index contributed by atoms with van der Waals surface area (Å²) in [7, 11) is -4.09. The van der Waals surface area contributed by atoms with Crippen molar-refractivity contribution in [2.75, 3.05) is 0 Å². The van der Waals surface area contributed by atoms with Gasteiger partial charge < -0.3 is 9.92 Å². The number of amidine groups is 1. The van der Waals surface area contributed by atoms with Crippen LogP contribution in [0.3, 0.4) is 0 Å². The van der Waals surface area contributed by atoms with Crippen LogP contribution in [0.1, 0.15) is 27.0 Å². The summed E-state index contributed by atoms with van der Waals surface area (Å²) < 4.78 is 29.3. The van der Waals surface area contributed by atoms with E-state index >= 15 is 0 Å². The first kappa shape index (κ1) is 18.6. The predicted octanol–water partition coefficient (Wildman–Crippen LogP) is 3.12. The van der Waals surface area contributed by atoms with Gasteiger partial charge in [0.15, 0.2) is 0 Å². The smallest absolute Gasteiger partial charge is 0.354 e. The van der Waals surface area contributed by atoms with E-state index in [-0.39, 0.29) is 11.4 Å². The van der Waals surface area contributed by atoms with Crippen molar-refractivity contribution < 1.29 is 17.4 Å². The van der Waals surface area contributed by atoms with Crippen LogP contribution in [-0.2, 0) is 20.1 Å². The molecule has 0 atom stereocenters. The number of fused-ring (bicyclic) bond motifs is 1. The molecule has 0 aromatic heterocycles. The van der Waals surface area contributed by atoms with Gasteiger partial charge in [0.25, 0.3) is 0 Å². The number of carbonyl (C=O) groups excluding carboxylic acids is 1. The molecule has 0 saturated carbocycles. The molecule has 3 rings (SSSR count). The second-order valence-corrected chi connectivity index (χ2v) is 7.77. The van der Waals surface area contributed by atoms with Crippen molar-refractivity contribution >= 4 is 32.7 Å². The quantitative estimate of drug-likeness (QED) is 0.400. The molecule has 0 aliphatic rings. The fourth-order valence-corrected chi connectivity index (χ4v) is 3.72. The second kappa shape index (κ2) is 7.20. The molecule has 0 amide bonds. The molecule has 0 radical (unpaired) electrons. The van der Waals surface area contributed by atoms with Gasteiger partial charge in [0.05, 0.1) is 5.56 Å². The fourth-order valence-electron chi connectivity index (χ4n) is 2.75. The lowest BCUT2D eigenvalue weighted by Crippen LogP contribution is -2.16. The number of carbonyl (C=O) groups is 1. The summed E-state index contributed by atoms with van der Waals surface area (Å²) >= 11 is 0. The summed E-state index contributed by atoms with van der Waals surface area (Å²) in [5.41, 5.74) is 7.43. The molecule has 3 aromatic rings. The Labute approximate surface area is 157 Å². The molecule has 7 heteroatoms. The van der Waals surface area contributed by atoms with Gasteiger partial charge in [-0.15, -0.1) is 0 Å². The van der Waals surface area contributed by atoms with Crippen LogP contribution >= 0.6 is 0 Å². The molecule has 3 N–H and O–H groups in total. The van der Waals surface area contributed by atoms with Crippen molar-refractivity contribution in [2.45, 2.75) is 12.7 Å². The molecule has 0 heterocycles. The number of aryl methyl sites for hydroxylation is 1. The molecule has 6 nitrogen and oxygen atoms in total. The molecule has 0 unspecified atom stereocenters. The zero-order valence-electron chi connectivity index (χ0n) is 14.6. The number of nitrogen functional groups attached to an aromatic ring is 1. The van der Waals surface area contributed by atoms with Gasteiger partial charge in [0.1, 0.15) is 11.6 Å². The highest BCUT2D eigenvalue weighted by molar-refractivity contribution is 7.86. The first-order valence-electron chi connectivity index (χ1n) is 8.14. The van der Waals surface area contributed by atoms with Crippen LogP contribution in [0.5, 0.6) is 0 Å². The third-order valence-corrected chi connectivity index (χ3v) is 5.22. The Hall–Kier alpha value is -3.19. The Morgan fingerprint density at radius 1 is 1.04 bits per heavy atom. The van der Waals surface area contributed by atoms with E-state index < -0.39 is 21.8 Å². The van der Waals surface area contributed by atoms with Gasteiger partial charge in [-0.3, -0.25) is 5.41 Å².